The van der Waals surface area contributed by atoms with Crippen LogP contribution in [-0.2, 0) is 16.6 Å². The number of rotatable bonds is 9. The Morgan fingerprint density at radius 3 is 2.80 bits per heavy atom. The number of tetrazole rings is 1. The van der Waals surface area contributed by atoms with Crippen LogP contribution >= 0.6 is 11.8 Å². The molecule has 1 rings (SSSR count). The summed E-state index contributed by atoms with van der Waals surface area (Å²) in [5, 5.41) is 15.3. The summed E-state index contributed by atoms with van der Waals surface area (Å²) in [6.45, 7) is 6.83. The average Bonchev–Trinajstić information content (AvgIpc) is 2.81. The van der Waals surface area contributed by atoms with Crippen molar-refractivity contribution in [3.63, 3.8) is 0 Å². The highest BCUT2D eigenvalue weighted by Gasteiger charge is 2.33. The third kappa shape index (κ3) is 4.75. The fraction of sp³-hybridized carbons (Fsp3) is 0.833. The van der Waals surface area contributed by atoms with E-state index in [1.165, 1.54) is 0 Å². The number of thioether (sulfide) groups is 1. The van der Waals surface area contributed by atoms with Gasteiger partial charge in [-0.1, -0.05) is 18.7 Å². The van der Waals surface area contributed by atoms with E-state index in [0.29, 0.717) is 6.61 Å². The molecule has 20 heavy (non-hydrogen) atoms. The minimum Gasteiger partial charge on any atom is -0.465 e. The maximum absolute atomic E-state index is 12.0. The first-order valence-electron chi connectivity index (χ1n) is 6.81. The number of hydrogen-bond acceptors (Lipinski definition) is 7. The first kappa shape index (κ1) is 16.9. The van der Waals surface area contributed by atoms with E-state index in [0.717, 1.165) is 30.3 Å². The number of nitrogens with zero attached hydrogens (tertiary/aromatic N) is 4. The molecule has 114 valence electrons. The van der Waals surface area contributed by atoms with Crippen LogP contribution in [0.25, 0.3) is 0 Å². The first-order valence-corrected chi connectivity index (χ1v) is 7.79. The van der Waals surface area contributed by atoms with Gasteiger partial charge < -0.3 is 10.1 Å². The van der Waals surface area contributed by atoms with E-state index in [1.54, 1.807) is 16.4 Å². The van der Waals surface area contributed by atoms with Gasteiger partial charge in [0.15, 0.2) is 0 Å². The summed E-state index contributed by atoms with van der Waals surface area (Å²) in [5.74, 6) is 0.668. The van der Waals surface area contributed by atoms with Crippen molar-refractivity contribution in [2.75, 3.05) is 18.9 Å². The SMILES string of the molecule is CCNC(C)(CCCSc1nnnn1C)C(=O)OCC. The lowest BCUT2D eigenvalue weighted by molar-refractivity contribution is -0.150. The Hall–Kier alpha value is -1.15. The Balaban J connectivity index is 2.42. The average molecular weight is 301 g/mol. The summed E-state index contributed by atoms with van der Waals surface area (Å²) in [5.41, 5.74) is -0.622. The predicted molar refractivity (Wildman–Crippen MR) is 77.5 cm³/mol. The van der Waals surface area contributed by atoms with Gasteiger partial charge in [0, 0.05) is 12.8 Å². The molecule has 1 atom stereocenters. The fourth-order valence-electron chi connectivity index (χ4n) is 1.88. The van der Waals surface area contributed by atoms with E-state index in [2.05, 4.69) is 20.8 Å². The van der Waals surface area contributed by atoms with Crippen molar-refractivity contribution in [3.8, 4) is 0 Å². The number of aryl methyl sites for hydroxylation is 1. The van der Waals surface area contributed by atoms with Crippen LogP contribution in [0.15, 0.2) is 5.16 Å². The quantitative estimate of drug-likeness (QED) is 0.414. The number of ether oxygens (including phenoxy) is 1. The normalized spacial score (nSPS) is 14.0. The predicted octanol–water partition coefficient (Wildman–Crippen LogP) is 1.01. The molecule has 0 radical (unpaired) electrons. The molecule has 7 nitrogen and oxygen atoms in total. The van der Waals surface area contributed by atoms with Gasteiger partial charge in [-0.25, -0.2) is 4.68 Å². The van der Waals surface area contributed by atoms with Crippen molar-refractivity contribution in [3.05, 3.63) is 0 Å². The van der Waals surface area contributed by atoms with Crippen LogP contribution in [0.2, 0.25) is 0 Å². The monoisotopic (exact) mass is 301 g/mol. The number of carbonyl (C=O) groups excluding carboxylic acids is 1. The summed E-state index contributed by atoms with van der Waals surface area (Å²) in [6.07, 6.45) is 1.60. The molecule has 0 spiro atoms. The van der Waals surface area contributed by atoms with Crippen LogP contribution in [-0.4, -0.2) is 50.6 Å². The molecule has 1 N–H and O–H groups in total. The third-order valence-corrected chi connectivity index (χ3v) is 4.02. The van der Waals surface area contributed by atoms with Crippen molar-refractivity contribution in [2.24, 2.45) is 7.05 Å². The molecule has 8 heteroatoms. The van der Waals surface area contributed by atoms with E-state index in [1.807, 2.05) is 27.8 Å². The van der Waals surface area contributed by atoms with Crippen LogP contribution in [0.4, 0.5) is 0 Å². The molecule has 1 aromatic heterocycles. The molecule has 0 bridgehead atoms. The number of hydrogen-bond donors (Lipinski definition) is 1. The number of aromatic nitrogens is 4. The minimum absolute atomic E-state index is 0.188. The number of carbonyl (C=O) groups is 1. The second-order valence-electron chi connectivity index (χ2n) is 4.62. The molecule has 0 saturated heterocycles. The fourth-order valence-corrected chi connectivity index (χ4v) is 2.66. The molecule has 1 unspecified atom stereocenters. The Morgan fingerprint density at radius 2 is 2.25 bits per heavy atom. The van der Waals surface area contributed by atoms with Gasteiger partial charge in [-0.3, -0.25) is 4.79 Å². The van der Waals surface area contributed by atoms with Crippen LogP contribution in [0, 0.1) is 0 Å². The van der Waals surface area contributed by atoms with Gasteiger partial charge in [0.2, 0.25) is 5.16 Å². The van der Waals surface area contributed by atoms with Gasteiger partial charge in [0.05, 0.1) is 6.61 Å². The molecular formula is C12H23N5O2S. The van der Waals surface area contributed by atoms with Gasteiger partial charge in [0.25, 0.3) is 0 Å². The Morgan fingerprint density at radius 1 is 1.50 bits per heavy atom. The lowest BCUT2D eigenvalue weighted by atomic mass is 9.96. The number of esters is 1. The Kier molecular flexibility index (Phi) is 6.94. The highest BCUT2D eigenvalue weighted by atomic mass is 32.2. The van der Waals surface area contributed by atoms with Gasteiger partial charge in [-0.2, -0.15) is 0 Å². The molecule has 1 aromatic rings. The second kappa shape index (κ2) is 8.21. The smallest absolute Gasteiger partial charge is 0.326 e. The topological polar surface area (TPSA) is 81.9 Å². The highest BCUT2D eigenvalue weighted by molar-refractivity contribution is 7.99. The molecule has 0 fully saturated rings. The van der Waals surface area contributed by atoms with Crippen molar-refractivity contribution >= 4 is 17.7 Å². The van der Waals surface area contributed by atoms with E-state index in [9.17, 15) is 4.79 Å². The first-order chi connectivity index (χ1) is 9.53. The van der Waals surface area contributed by atoms with E-state index in [-0.39, 0.29) is 5.97 Å². The zero-order valence-electron chi connectivity index (χ0n) is 12.5. The van der Waals surface area contributed by atoms with E-state index in [4.69, 9.17) is 4.74 Å². The van der Waals surface area contributed by atoms with Gasteiger partial charge >= 0.3 is 5.97 Å². The van der Waals surface area contributed by atoms with Gasteiger partial charge in [-0.05, 0) is 43.7 Å². The maximum Gasteiger partial charge on any atom is 0.326 e. The van der Waals surface area contributed by atoms with Crippen molar-refractivity contribution in [1.82, 2.24) is 25.5 Å². The van der Waals surface area contributed by atoms with Crippen LogP contribution < -0.4 is 5.32 Å². The molecule has 0 aromatic carbocycles. The third-order valence-electron chi connectivity index (χ3n) is 2.93. The number of nitrogens with one attached hydrogen (secondary N) is 1. The zero-order valence-corrected chi connectivity index (χ0v) is 13.4. The summed E-state index contributed by atoms with van der Waals surface area (Å²) >= 11 is 1.58. The Bertz CT molecular complexity index is 426. The van der Waals surface area contributed by atoms with Crippen LogP contribution in [0.1, 0.15) is 33.6 Å². The minimum atomic E-state index is -0.622. The zero-order chi connectivity index (χ0) is 15.0. The molecule has 0 amide bonds. The highest BCUT2D eigenvalue weighted by Crippen LogP contribution is 2.20. The van der Waals surface area contributed by atoms with E-state index < -0.39 is 5.54 Å². The van der Waals surface area contributed by atoms with Gasteiger partial charge in [-0.15, -0.1) is 5.10 Å². The summed E-state index contributed by atoms with van der Waals surface area (Å²) in [4.78, 5) is 12.0. The molecular weight excluding hydrogens is 278 g/mol. The van der Waals surface area contributed by atoms with E-state index >= 15 is 0 Å². The molecule has 0 aliphatic heterocycles. The Labute approximate surface area is 123 Å². The number of likely N-dealkylation sites (N-methyl/N-ethyl adjacent to an activating group) is 1. The van der Waals surface area contributed by atoms with Crippen molar-refractivity contribution in [2.45, 2.75) is 44.3 Å². The second-order valence-corrected chi connectivity index (χ2v) is 5.68. The summed E-state index contributed by atoms with van der Waals surface area (Å²) in [6, 6.07) is 0. The molecule has 0 aliphatic carbocycles. The lowest BCUT2D eigenvalue weighted by Crippen LogP contribution is -2.50. The van der Waals surface area contributed by atoms with Crippen molar-refractivity contribution in [1.29, 1.82) is 0 Å². The summed E-state index contributed by atoms with van der Waals surface area (Å²) in [7, 11) is 1.81. The maximum atomic E-state index is 12.0. The lowest BCUT2D eigenvalue weighted by Gasteiger charge is -2.28. The van der Waals surface area contributed by atoms with Crippen LogP contribution in [0.5, 0.6) is 0 Å². The molecule has 0 aliphatic rings. The van der Waals surface area contributed by atoms with Crippen LogP contribution in [0.3, 0.4) is 0 Å². The summed E-state index contributed by atoms with van der Waals surface area (Å²) < 4.78 is 6.78. The van der Waals surface area contributed by atoms with Gasteiger partial charge in [0.1, 0.15) is 5.54 Å². The standard InChI is InChI=1S/C12H23N5O2S/c1-5-13-12(3,10(18)19-6-2)8-7-9-20-11-14-15-16-17(11)4/h13H,5-9H2,1-4H3. The molecule has 1 heterocycles. The molecule has 0 saturated carbocycles. The van der Waals surface area contributed by atoms with Crippen molar-refractivity contribution < 1.29 is 9.53 Å². The largest absolute Gasteiger partial charge is 0.465 e.